The highest BCUT2D eigenvalue weighted by Crippen LogP contribution is 2.45. The maximum Gasteiger partial charge on any atom is 0.0865 e. The number of aromatic nitrogens is 1. The Bertz CT molecular complexity index is 543. The van der Waals surface area contributed by atoms with Crippen LogP contribution in [0.5, 0.6) is 0 Å². The molecule has 1 atom stereocenters. The molecule has 0 saturated heterocycles. The normalized spacial score (nSPS) is 18.0. The molecule has 1 aliphatic carbocycles. The molecule has 0 saturated carbocycles. The van der Waals surface area contributed by atoms with Gasteiger partial charge in [-0.1, -0.05) is 24.3 Å². The summed E-state index contributed by atoms with van der Waals surface area (Å²) < 4.78 is 0. The third-order valence-corrected chi connectivity index (χ3v) is 4.21. The fourth-order valence-electron chi connectivity index (χ4n) is 3.07. The zero-order valence-electron chi connectivity index (χ0n) is 10.8. The molecule has 3 rings (SSSR count). The first kappa shape index (κ1) is 12.3. The molecule has 2 aromatic rings. The van der Waals surface area contributed by atoms with Crippen LogP contribution in [-0.4, -0.2) is 16.6 Å². The maximum absolute atomic E-state index is 10.7. The molecule has 3 heteroatoms. The van der Waals surface area contributed by atoms with E-state index in [1.54, 1.807) is 12.4 Å². The van der Waals surface area contributed by atoms with Gasteiger partial charge in [-0.05, 0) is 41.7 Å². The molecular formula is C16H18N2O. The van der Waals surface area contributed by atoms with Crippen LogP contribution in [0.15, 0.2) is 48.8 Å². The number of rotatable bonds is 3. The molecule has 0 bridgehead atoms. The highest BCUT2D eigenvalue weighted by molar-refractivity contribution is 5.36. The number of nitrogens with zero attached hydrogens (tertiary/aromatic N) is 1. The van der Waals surface area contributed by atoms with Gasteiger partial charge in [-0.25, -0.2) is 0 Å². The Morgan fingerprint density at radius 1 is 1.11 bits per heavy atom. The van der Waals surface area contributed by atoms with E-state index in [0.29, 0.717) is 6.54 Å². The summed E-state index contributed by atoms with van der Waals surface area (Å²) in [6, 6.07) is 12.1. The molecule has 3 nitrogen and oxygen atoms in total. The molecular weight excluding hydrogens is 236 g/mol. The first-order valence-corrected chi connectivity index (χ1v) is 6.60. The maximum atomic E-state index is 10.7. The van der Waals surface area contributed by atoms with Gasteiger partial charge in [-0.15, -0.1) is 0 Å². The lowest BCUT2D eigenvalue weighted by Gasteiger charge is -2.33. The highest BCUT2D eigenvalue weighted by atomic mass is 16.3. The Morgan fingerprint density at radius 3 is 2.21 bits per heavy atom. The summed E-state index contributed by atoms with van der Waals surface area (Å²) in [5.74, 6) is 0. The van der Waals surface area contributed by atoms with Crippen LogP contribution in [0.25, 0.3) is 0 Å². The molecule has 1 aromatic heterocycles. The molecule has 0 spiro atoms. The molecule has 1 heterocycles. The number of fused-ring (bicyclic) bond motifs is 1. The van der Waals surface area contributed by atoms with E-state index in [0.717, 1.165) is 18.4 Å². The molecule has 1 unspecified atom stereocenters. The topological polar surface area (TPSA) is 59.1 Å². The quantitative estimate of drug-likeness (QED) is 0.879. The zero-order valence-corrected chi connectivity index (χ0v) is 10.8. The number of aliphatic hydroxyl groups is 1. The average molecular weight is 254 g/mol. The second-order valence-electron chi connectivity index (χ2n) is 5.37. The molecule has 19 heavy (non-hydrogen) atoms. The van der Waals surface area contributed by atoms with E-state index in [4.69, 9.17) is 5.73 Å². The van der Waals surface area contributed by atoms with Gasteiger partial charge in [-0.2, -0.15) is 0 Å². The van der Waals surface area contributed by atoms with Gasteiger partial charge in [0, 0.05) is 24.4 Å². The van der Waals surface area contributed by atoms with Gasteiger partial charge in [0.25, 0.3) is 0 Å². The van der Waals surface area contributed by atoms with Crippen LogP contribution < -0.4 is 5.73 Å². The van der Waals surface area contributed by atoms with Crippen LogP contribution in [0, 0.1) is 5.41 Å². The van der Waals surface area contributed by atoms with Gasteiger partial charge in [0.05, 0.1) is 6.10 Å². The van der Waals surface area contributed by atoms with Crippen molar-refractivity contribution in [3.63, 3.8) is 0 Å². The summed E-state index contributed by atoms with van der Waals surface area (Å²) in [6.07, 6.45) is 4.55. The molecule has 0 radical (unpaired) electrons. The van der Waals surface area contributed by atoms with Crippen LogP contribution in [0.4, 0.5) is 0 Å². The number of hydrogen-bond donors (Lipinski definition) is 2. The number of benzene rings is 1. The first-order valence-electron chi connectivity index (χ1n) is 6.60. The summed E-state index contributed by atoms with van der Waals surface area (Å²) in [4.78, 5) is 4.00. The third kappa shape index (κ3) is 2.05. The van der Waals surface area contributed by atoms with E-state index >= 15 is 0 Å². The van der Waals surface area contributed by atoms with Crippen LogP contribution in [0.2, 0.25) is 0 Å². The Labute approximate surface area is 113 Å². The molecule has 0 amide bonds. The predicted molar refractivity (Wildman–Crippen MR) is 74.5 cm³/mol. The molecule has 1 aliphatic rings. The summed E-state index contributed by atoms with van der Waals surface area (Å²) in [7, 11) is 0. The third-order valence-electron chi connectivity index (χ3n) is 4.21. The SMILES string of the molecule is NCC1(C(O)c2ccncc2)Cc2ccccc2C1. The van der Waals surface area contributed by atoms with Crippen molar-refractivity contribution >= 4 is 0 Å². The molecule has 0 aliphatic heterocycles. The number of aliphatic hydroxyl groups excluding tert-OH is 1. The average Bonchev–Trinajstić information content (AvgIpc) is 2.87. The van der Waals surface area contributed by atoms with Gasteiger partial charge < -0.3 is 10.8 Å². The van der Waals surface area contributed by atoms with Crippen molar-refractivity contribution < 1.29 is 5.11 Å². The lowest BCUT2D eigenvalue weighted by molar-refractivity contribution is 0.0357. The largest absolute Gasteiger partial charge is 0.388 e. The minimum Gasteiger partial charge on any atom is -0.388 e. The fraction of sp³-hybridized carbons (Fsp3) is 0.312. The summed E-state index contributed by atoms with van der Waals surface area (Å²) in [5, 5.41) is 10.7. The minimum atomic E-state index is -0.548. The van der Waals surface area contributed by atoms with Crippen molar-refractivity contribution in [2.45, 2.75) is 18.9 Å². The number of pyridine rings is 1. The van der Waals surface area contributed by atoms with E-state index < -0.39 is 6.10 Å². The minimum absolute atomic E-state index is 0.287. The van der Waals surface area contributed by atoms with Crippen molar-refractivity contribution in [1.82, 2.24) is 4.98 Å². The Hall–Kier alpha value is -1.71. The van der Waals surface area contributed by atoms with E-state index in [9.17, 15) is 5.11 Å². The lowest BCUT2D eigenvalue weighted by Crippen LogP contribution is -2.37. The van der Waals surface area contributed by atoms with Crippen LogP contribution >= 0.6 is 0 Å². The Kier molecular flexibility index (Phi) is 3.09. The van der Waals surface area contributed by atoms with Crippen molar-refractivity contribution in [1.29, 1.82) is 0 Å². The van der Waals surface area contributed by atoms with E-state index in [-0.39, 0.29) is 5.41 Å². The highest BCUT2D eigenvalue weighted by Gasteiger charge is 2.42. The van der Waals surface area contributed by atoms with Crippen LogP contribution in [0.1, 0.15) is 22.8 Å². The van der Waals surface area contributed by atoms with Crippen molar-refractivity contribution in [3.05, 3.63) is 65.5 Å². The molecule has 98 valence electrons. The summed E-state index contributed by atoms with van der Waals surface area (Å²) in [6.45, 7) is 0.477. The van der Waals surface area contributed by atoms with Gasteiger partial charge in [0.2, 0.25) is 0 Å². The number of hydrogen-bond acceptors (Lipinski definition) is 3. The predicted octanol–water partition coefficient (Wildman–Crippen LogP) is 1.86. The Morgan fingerprint density at radius 2 is 1.68 bits per heavy atom. The Balaban J connectivity index is 1.95. The molecule has 0 fully saturated rings. The smallest absolute Gasteiger partial charge is 0.0865 e. The summed E-state index contributed by atoms with van der Waals surface area (Å²) >= 11 is 0. The first-order chi connectivity index (χ1) is 9.25. The van der Waals surface area contributed by atoms with Gasteiger partial charge >= 0.3 is 0 Å². The molecule has 1 aromatic carbocycles. The van der Waals surface area contributed by atoms with E-state index in [1.807, 2.05) is 24.3 Å². The van der Waals surface area contributed by atoms with Crippen molar-refractivity contribution in [2.75, 3.05) is 6.54 Å². The van der Waals surface area contributed by atoms with Crippen molar-refractivity contribution in [2.24, 2.45) is 11.1 Å². The second-order valence-corrected chi connectivity index (χ2v) is 5.37. The van der Waals surface area contributed by atoms with E-state index in [2.05, 4.69) is 17.1 Å². The zero-order chi connectivity index (χ0) is 13.3. The standard InChI is InChI=1S/C16H18N2O/c17-11-16(15(19)12-5-7-18-8-6-12)9-13-3-1-2-4-14(13)10-16/h1-8,15,19H,9-11,17H2. The van der Waals surface area contributed by atoms with Gasteiger partial charge in [0.1, 0.15) is 0 Å². The second kappa shape index (κ2) is 4.76. The molecule has 3 N–H and O–H groups in total. The number of nitrogens with two attached hydrogens (primary N) is 1. The van der Waals surface area contributed by atoms with E-state index in [1.165, 1.54) is 11.1 Å². The summed E-state index contributed by atoms with van der Waals surface area (Å²) in [5.41, 5.74) is 9.23. The van der Waals surface area contributed by atoms with Crippen LogP contribution in [0.3, 0.4) is 0 Å². The fourth-order valence-corrected chi connectivity index (χ4v) is 3.07. The monoisotopic (exact) mass is 254 g/mol. The van der Waals surface area contributed by atoms with Crippen molar-refractivity contribution in [3.8, 4) is 0 Å². The van der Waals surface area contributed by atoms with Crippen LogP contribution in [-0.2, 0) is 12.8 Å². The van der Waals surface area contributed by atoms with Gasteiger partial charge in [-0.3, -0.25) is 4.98 Å². The van der Waals surface area contributed by atoms with Gasteiger partial charge in [0.15, 0.2) is 0 Å². The lowest BCUT2D eigenvalue weighted by atomic mass is 9.76.